The monoisotopic (exact) mass is 199 g/mol. The molecule has 0 atom stereocenters. The molecule has 0 saturated carbocycles. The van der Waals surface area contributed by atoms with Gasteiger partial charge in [0.1, 0.15) is 0 Å². The Balaban J connectivity index is 3.20. The van der Waals surface area contributed by atoms with Crippen LogP contribution in [0.5, 0.6) is 0 Å². The van der Waals surface area contributed by atoms with Gasteiger partial charge in [-0.3, -0.25) is 0 Å². The molecule has 15 heavy (non-hydrogen) atoms. The molecule has 0 spiro atoms. The van der Waals surface area contributed by atoms with Crippen LogP contribution in [0.2, 0.25) is 0 Å². The van der Waals surface area contributed by atoms with Crippen LogP contribution < -0.4 is 5.32 Å². The minimum absolute atomic E-state index is 0.854. The lowest BCUT2D eigenvalue weighted by molar-refractivity contribution is 0.810. The zero-order valence-electron chi connectivity index (χ0n) is 9.65. The first-order valence-electron chi connectivity index (χ1n) is 5.05. The summed E-state index contributed by atoms with van der Waals surface area (Å²) in [5.41, 5.74) is 4.61. The first-order chi connectivity index (χ1) is 7.20. The molecule has 0 unspecified atom stereocenters. The predicted molar refractivity (Wildman–Crippen MR) is 66.4 cm³/mol. The third-order valence-electron chi connectivity index (χ3n) is 2.36. The maximum absolute atomic E-state index is 4.00. The summed E-state index contributed by atoms with van der Waals surface area (Å²) in [6.45, 7) is 8.80. The van der Waals surface area contributed by atoms with Crippen LogP contribution in [-0.2, 0) is 6.54 Å². The largest absolute Gasteiger partial charge is 0.316 e. The van der Waals surface area contributed by atoms with Crippen LogP contribution in [0.25, 0.3) is 5.57 Å². The average Bonchev–Trinajstić information content (AvgIpc) is 2.21. The topological polar surface area (TPSA) is 12.0 Å². The summed E-state index contributed by atoms with van der Waals surface area (Å²) >= 11 is 0. The molecule has 0 aliphatic heterocycles. The molecule has 78 valence electrons. The smallest absolute Gasteiger partial charge is 0.0249 e. The van der Waals surface area contributed by atoms with E-state index in [1.807, 2.05) is 20.0 Å². The van der Waals surface area contributed by atoms with Crippen LogP contribution in [-0.4, -0.2) is 7.05 Å². The molecule has 0 bridgehead atoms. The number of allylic oxidation sites excluding steroid dienone is 1. The van der Waals surface area contributed by atoms with E-state index in [1.54, 1.807) is 0 Å². The molecule has 1 aromatic carbocycles. The molecule has 1 rings (SSSR count). The van der Waals surface area contributed by atoms with Crippen molar-refractivity contribution in [3.05, 3.63) is 41.5 Å². The fourth-order valence-corrected chi connectivity index (χ4v) is 1.61. The first kappa shape index (κ1) is 11.6. The predicted octanol–water partition coefficient (Wildman–Crippen LogP) is 2.75. The van der Waals surface area contributed by atoms with Crippen LogP contribution in [0.1, 0.15) is 23.6 Å². The number of hydrogen-bond acceptors (Lipinski definition) is 1. The van der Waals surface area contributed by atoms with E-state index in [9.17, 15) is 0 Å². The minimum Gasteiger partial charge on any atom is -0.316 e. The summed E-state index contributed by atoms with van der Waals surface area (Å²) in [4.78, 5) is 0. The van der Waals surface area contributed by atoms with Crippen LogP contribution in [0.3, 0.4) is 0 Å². The normalized spacial score (nSPS) is 9.27. The Bertz CT molecular complexity index is 419. The van der Waals surface area contributed by atoms with E-state index in [4.69, 9.17) is 0 Å². The lowest BCUT2D eigenvalue weighted by Gasteiger charge is -2.11. The number of nitrogens with one attached hydrogen (secondary N) is 1. The highest BCUT2D eigenvalue weighted by molar-refractivity contribution is 5.79. The molecule has 0 heterocycles. The fourth-order valence-electron chi connectivity index (χ4n) is 1.61. The van der Waals surface area contributed by atoms with Gasteiger partial charge in [0, 0.05) is 12.1 Å². The quantitative estimate of drug-likeness (QED) is 0.738. The standard InChI is InChI=1S/C14H17N/c1-5-7-11(2)13-9-6-8-12(3)14(13)10-15-4/h6,8-9,15H,2,10H2,1,3-4H3. The van der Waals surface area contributed by atoms with E-state index in [0.29, 0.717) is 0 Å². The Kier molecular flexibility index (Phi) is 4.15. The zero-order chi connectivity index (χ0) is 11.3. The van der Waals surface area contributed by atoms with Crippen LogP contribution in [0.15, 0.2) is 24.8 Å². The van der Waals surface area contributed by atoms with Gasteiger partial charge in [0.25, 0.3) is 0 Å². The zero-order valence-corrected chi connectivity index (χ0v) is 9.65. The van der Waals surface area contributed by atoms with Crippen molar-refractivity contribution in [2.45, 2.75) is 20.4 Å². The highest BCUT2D eigenvalue weighted by atomic mass is 14.8. The van der Waals surface area contributed by atoms with Gasteiger partial charge in [-0.15, -0.1) is 5.92 Å². The number of benzene rings is 1. The van der Waals surface area contributed by atoms with Crippen molar-refractivity contribution >= 4 is 5.57 Å². The van der Waals surface area contributed by atoms with Gasteiger partial charge in [-0.05, 0) is 37.6 Å². The van der Waals surface area contributed by atoms with Crippen molar-refractivity contribution in [2.75, 3.05) is 7.05 Å². The molecule has 1 heteroatoms. The summed E-state index contributed by atoms with van der Waals surface area (Å²) < 4.78 is 0. The second kappa shape index (κ2) is 5.38. The fraction of sp³-hybridized carbons (Fsp3) is 0.286. The van der Waals surface area contributed by atoms with Crippen LogP contribution in [0, 0.1) is 18.8 Å². The molecule has 1 aromatic rings. The number of hydrogen-bond donors (Lipinski definition) is 1. The molecule has 0 radical (unpaired) electrons. The highest BCUT2D eigenvalue weighted by Gasteiger charge is 2.05. The maximum atomic E-state index is 4.00. The molecular weight excluding hydrogens is 182 g/mol. The van der Waals surface area contributed by atoms with Crippen molar-refractivity contribution in [3.63, 3.8) is 0 Å². The van der Waals surface area contributed by atoms with Crippen LogP contribution in [0.4, 0.5) is 0 Å². The van der Waals surface area contributed by atoms with E-state index < -0.39 is 0 Å². The van der Waals surface area contributed by atoms with Crippen molar-refractivity contribution in [2.24, 2.45) is 0 Å². The Morgan fingerprint density at radius 1 is 1.47 bits per heavy atom. The molecule has 1 nitrogen and oxygen atoms in total. The lowest BCUT2D eigenvalue weighted by Crippen LogP contribution is -2.09. The second-order valence-electron chi connectivity index (χ2n) is 3.48. The first-order valence-corrected chi connectivity index (χ1v) is 5.05. The van der Waals surface area contributed by atoms with Gasteiger partial charge in [-0.1, -0.05) is 30.7 Å². The third-order valence-corrected chi connectivity index (χ3v) is 2.36. The Hall–Kier alpha value is -1.52. The Labute approximate surface area is 92.2 Å². The number of aryl methyl sites for hydroxylation is 1. The molecular formula is C14H17N. The van der Waals surface area contributed by atoms with Crippen molar-refractivity contribution in [1.29, 1.82) is 0 Å². The van der Waals surface area contributed by atoms with Crippen molar-refractivity contribution in [3.8, 4) is 11.8 Å². The molecule has 0 aliphatic rings. The molecule has 0 saturated heterocycles. The molecule has 0 aliphatic carbocycles. The van der Waals surface area contributed by atoms with Crippen molar-refractivity contribution < 1.29 is 0 Å². The average molecular weight is 199 g/mol. The van der Waals surface area contributed by atoms with E-state index in [1.165, 1.54) is 11.1 Å². The molecule has 0 aromatic heterocycles. The van der Waals surface area contributed by atoms with Crippen molar-refractivity contribution in [1.82, 2.24) is 5.32 Å². The van der Waals surface area contributed by atoms with E-state index in [0.717, 1.165) is 17.7 Å². The summed E-state index contributed by atoms with van der Waals surface area (Å²) in [5.74, 6) is 5.90. The molecule has 0 amide bonds. The lowest BCUT2D eigenvalue weighted by atomic mass is 9.97. The summed E-state index contributed by atoms with van der Waals surface area (Å²) in [6, 6.07) is 6.24. The summed E-state index contributed by atoms with van der Waals surface area (Å²) in [5, 5.41) is 3.17. The Morgan fingerprint density at radius 3 is 2.80 bits per heavy atom. The maximum Gasteiger partial charge on any atom is 0.0249 e. The van der Waals surface area contributed by atoms with E-state index >= 15 is 0 Å². The summed E-state index contributed by atoms with van der Waals surface area (Å²) in [7, 11) is 1.95. The van der Waals surface area contributed by atoms with E-state index in [-0.39, 0.29) is 0 Å². The SMILES string of the molecule is C=C(C#CC)c1cccc(C)c1CNC. The van der Waals surface area contributed by atoms with Crippen LogP contribution >= 0.6 is 0 Å². The van der Waals surface area contributed by atoms with Gasteiger partial charge in [-0.2, -0.15) is 0 Å². The molecule has 1 N–H and O–H groups in total. The third kappa shape index (κ3) is 2.71. The van der Waals surface area contributed by atoms with Gasteiger partial charge in [0.05, 0.1) is 0 Å². The molecule has 0 fully saturated rings. The second-order valence-corrected chi connectivity index (χ2v) is 3.48. The van der Waals surface area contributed by atoms with Gasteiger partial charge in [0.2, 0.25) is 0 Å². The van der Waals surface area contributed by atoms with Gasteiger partial charge in [-0.25, -0.2) is 0 Å². The van der Waals surface area contributed by atoms with Gasteiger partial charge < -0.3 is 5.32 Å². The highest BCUT2D eigenvalue weighted by Crippen LogP contribution is 2.20. The van der Waals surface area contributed by atoms with Gasteiger partial charge in [0.15, 0.2) is 0 Å². The van der Waals surface area contributed by atoms with Gasteiger partial charge >= 0.3 is 0 Å². The Morgan fingerprint density at radius 2 is 2.20 bits per heavy atom. The number of rotatable bonds is 3. The van der Waals surface area contributed by atoms with E-state index in [2.05, 4.69) is 42.8 Å². The minimum atomic E-state index is 0.854. The summed E-state index contributed by atoms with van der Waals surface area (Å²) in [6.07, 6.45) is 0.